The molecule has 4 nitrogen and oxygen atoms in total. The Labute approximate surface area is 88.2 Å². The van der Waals surface area contributed by atoms with Gasteiger partial charge >= 0.3 is 5.97 Å². The molecule has 80 valence electrons. The zero-order chi connectivity index (χ0) is 11.4. The number of aromatic nitrogens is 1. The molecule has 0 aliphatic rings. The Morgan fingerprint density at radius 2 is 2.27 bits per heavy atom. The van der Waals surface area contributed by atoms with Crippen LogP contribution in [0, 0.1) is 6.92 Å². The third kappa shape index (κ3) is 2.63. The van der Waals surface area contributed by atoms with Crippen LogP contribution in [0.25, 0.3) is 0 Å². The molecule has 0 amide bonds. The Kier molecular flexibility index (Phi) is 3.57. The van der Waals surface area contributed by atoms with Gasteiger partial charge in [0.1, 0.15) is 6.10 Å². The first-order valence-corrected chi connectivity index (χ1v) is 4.45. The summed E-state index contributed by atoms with van der Waals surface area (Å²) in [6, 6.07) is 5.19. The van der Waals surface area contributed by atoms with Crippen LogP contribution in [0.15, 0.2) is 30.4 Å². The van der Waals surface area contributed by atoms with Crippen molar-refractivity contribution in [1.82, 2.24) is 4.98 Å². The highest BCUT2D eigenvalue weighted by atomic mass is 16.5. The lowest BCUT2D eigenvalue weighted by Crippen LogP contribution is -2.13. The van der Waals surface area contributed by atoms with Crippen molar-refractivity contribution < 1.29 is 14.6 Å². The number of carbonyl (C=O) groups is 1. The normalized spacial score (nSPS) is 11.9. The minimum absolute atomic E-state index is 0.0180. The highest BCUT2D eigenvalue weighted by Crippen LogP contribution is 2.19. The molecule has 1 aromatic heterocycles. The van der Waals surface area contributed by atoms with Gasteiger partial charge in [0.05, 0.1) is 18.4 Å². The van der Waals surface area contributed by atoms with Crippen molar-refractivity contribution in [2.75, 3.05) is 7.11 Å². The lowest BCUT2D eigenvalue weighted by molar-refractivity contribution is -0.137. The van der Waals surface area contributed by atoms with E-state index >= 15 is 0 Å². The predicted octanol–water partition coefficient (Wildman–Crippen LogP) is 1.15. The number of carbonyl (C=O) groups excluding carboxylic acids is 1. The van der Waals surface area contributed by atoms with Crippen LogP contribution >= 0.6 is 0 Å². The summed E-state index contributed by atoms with van der Waals surface area (Å²) in [7, 11) is 1.24. The Morgan fingerprint density at radius 3 is 2.80 bits per heavy atom. The number of methoxy groups -OCH3 is 1. The number of pyridine rings is 1. The number of hydrogen-bond donors (Lipinski definition) is 1. The van der Waals surface area contributed by atoms with Crippen molar-refractivity contribution in [2.24, 2.45) is 0 Å². The summed E-state index contributed by atoms with van der Waals surface area (Å²) in [6.07, 6.45) is -1.11. The van der Waals surface area contributed by atoms with Gasteiger partial charge in [-0.3, -0.25) is 4.98 Å². The molecule has 15 heavy (non-hydrogen) atoms. The molecule has 1 unspecified atom stereocenters. The molecule has 1 N–H and O–H groups in total. The van der Waals surface area contributed by atoms with Gasteiger partial charge in [-0.05, 0) is 19.1 Å². The number of esters is 1. The van der Waals surface area contributed by atoms with Crippen LogP contribution in [0.4, 0.5) is 0 Å². The van der Waals surface area contributed by atoms with Gasteiger partial charge in [0.15, 0.2) is 0 Å². The van der Waals surface area contributed by atoms with Gasteiger partial charge in [0, 0.05) is 5.69 Å². The van der Waals surface area contributed by atoms with Crippen LogP contribution < -0.4 is 0 Å². The molecule has 4 heteroatoms. The van der Waals surface area contributed by atoms with Crippen molar-refractivity contribution in [1.29, 1.82) is 0 Å². The second-order valence-electron chi connectivity index (χ2n) is 3.12. The molecular weight excluding hydrogens is 194 g/mol. The fourth-order valence-corrected chi connectivity index (χ4v) is 1.14. The summed E-state index contributed by atoms with van der Waals surface area (Å²) in [6.45, 7) is 5.27. The zero-order valence-electron chi connectivity index (χ0n) is 8.73. The molecule has 0 fully saturated rings. The summed E-state index contributed by atoms with van der Waals surface area (Å²) >= 11 is 0. The third-order valence-electron chi connectivity index (χ3n) is 1.97. The fraction of sp³-hybridized carbons (Fsp3) is 0.273. The lowest BCUT2D eigenvalue weighted by Gasteiger charge is -2.11. The van der Waals surface area contributed by atoms with E-state index < -0.39 is 12.1 Å². The molecule has 0 saturated carbocycles. The molecule has 0 saturated heterocycles. The van der Waals surface area contributed by atoms with Gasteiger partial charge in [-0.1, -0.05) is 12.6 Å². The second-order valence-corrected chi connectivity index (χ2v) is 3.12. The monoisotopic (exact) mass is 207 g/mol. The minimum atomic E-state index is -1.11. The maximum atomic E-state index is 11.1. The summed E-state index contributed by atoms with van der Waals surface area (Å²) in [4.78, 5) is 15.2. The first-order chi connectivity index (χ1) is 7.06. The number of rotatable bonds is 3. The molecule has 0 aliphatic carbocycles. The summed E-state index contributed by atoms with van der Waals surface area (Å²) in [5, 5.41) is 9.75. The summed E-state index contributed by atoms with van der Waals surface area (Å²) in [5.41, 5.74) is 1.14. The van der Waals surface area contributed by atoms with Gasteiger partial charge in [0.25, 0.3) is 0 Å². The van der Waals surface area contributed by atoms with Crippen molar-refractivity contribution in [3.8, 4) is 0 Å². The summed E-state index contributed by atoms with van der Waals surface area (Å²) < 4.78 is 4.46. The number of nitrogens with zero attached hydrogens (tertiary/aromatic N) is 1. The second kappa shape index (κ2) is 4.70. The van der Waals surface area contributed by atoms with Crippen molar-refractivity contribution >= 4 is 5.97 Å². The number of hydrogen-bond acceptors (Lipinski definition) is 4. The molecule has 0 bridgehead atoms. The van der Waals surface area contributed by atoms with Gasteiger partial charge in [-0.2, -0.15) is 0 Å². The van der Waals surface area contributed by atoms with E-state index in [-0.39, 0.29) is 5.57 Å². The molecule has 0 aliphatic heterocycles. The molecule has 0 aromatic carbocycles. The largest absolute Gasteiger partial charge is 0.466 e. The number of aliphatic hydroxyl groups excluding tert-OH is 1. The Bertz CT molecular complexity index is 387. The van der Waals surface area contributed by atoms with E-state index in [0.29, 0.717) is 5.69 Å². The smallest absolute Gasteiger partial charge is 0.336 e. The molecule has 1 rings (SSSR count). The lowest BCUT2D eigenvalue weighted by atomic mass is 10.1. The maximum Gasteiger partial charge on any atom is 0.336 e. The van der Waals surface area contributed by atoms with Crippen molar-refractivity contribution in [3.63, 3.8) is 0 Å². The van der Waals surface area contributed by atoms with Crippen LogP contribution in [0.1, 0.15) is 17.5 Å². The average Bonchev–Trinajstić information content (AvgIpc) is 2.26. The molecule has 0 radical (unpaired) electrons. The molecule has 1 aromatic rings. The fourth-order valence-electron chi connectivity index (χ4n) is 1.14. The van der Waals surface area contributed by atoms with Crippen LogP contribution in [-0.2, 0) is 9.53 Å². The Hall–Kier alpha value is -1.68. The van der Waals surface area contributed by atoms with Crippen LogP contribution in [0.5, 0.6) is 0 Å². The van der Waals surface area contributed by atoms with E-state index in [1.165, 1.54) is 7.11 Å². The van der Waals surface area contributed by atoms with Gasteiger partial charge < -0.3 is 9.84 Å². The predicted molar refractivity (Wildman–Crippen MR) is 55.1 cm³/mol. The number of ether oxygens (including phenoxy) is 1. The van der Waals surface area contributed by atoms with E-state index in [1.807, 2.05) is 0 Å². The highest BCUT2D eigenvalue weighted by molar-refractivity contribution is 5.88. The van der Waals surface area contributed by atoms with Gasteiger partial charge in [-0.25, -0.2) is 4.79 Å². The maximum absolute atomic E-state index is 11.1. The first kappa shape index (κ1) is 11.4. The van der Waals surface area contributed by atoms with E-state index in [0.717, 1.165) is 5.69 Å². The van der Waals surface area contributed by atoms with Gasteiger partial charge in [-0.15, -0.1) is 0 Å². The molecular formula is C11H13NO3. The standard InChI is InChI=1S/C11H13NO3/c1-7-5-4-6-9(12-7)10(13)8(2)11(14)15-3/h4-6,10,13H,2H2,1,3H3. The number of aliphatic hydroxyl groups is 1. The quantitative estimate of drug-likeness (QED) is 0.596. The SMILES string of the molecule is C=C(C(=O)OC)C(O)c1cccc(C)n1. The minimum Gasteiger partial charge on any atom is -0.466 e. The van der Waals surface area contributed by atoms with E-state index in [2.05, 4.69) is 16.3 Å². The molecule has 0 spiro atoms. The third-order valence-corrected chi connectivity index (χ3v) is 1.97. The van der Waals surface area contributed by atoms with E-state index in [1.54, 1.807) is 25.1 Å². The molecule has 1 heterocycles. The van der Waals surface area contributed by atoms with E-state index in [9.17, 15) is 9.90 Å². The Morgan fingerprint density at radius 1 is 1.60 bits per heavy atom. The van der Waals surface area contributed by atoms with E-state index in [4.69, 9.17) is 0 Å². The average molecular weight is 207 g/mol. The number of aryl methyl sites for hydroxylation is 1. The van der Waals surface area contributed by atoms with Gasteiger partial charge in [0.2, 0.25) is 0 Å². The van der Waals surface area contributed by atoms with Crippen LogP contribution in [0.2, 0.25) is 0 Å². The van der Waals surface area contributed by atoms with Crippen LogP contribution in [-0.4, -0.2) is 23.2 Å². The summed E-state index contributed by atoms with van der Waals surface area (Å²) in [5.74, 6) is -0.634. The molecule has 1 atom stereocenters. The van der Waals surface area contributed by atoms with Crippen LogP contribution in [0.3, 0.4) is 0 Å². The highest BCUT2D eigenvalue weighted by Gasteiger charge is 2.19. The zero-order valence-corrected chi connectivity index (χ0v) is 8.73. The topological polar surface area (TPSA) is 59.4 Å². The van der Waals surface area contributed by atoms with Crippen molar-refractivity contribution in [3.05, 3.63) is 41.7 Å². The Balaban J connectivity index is 2.89. The van der Waals surface area contributed by atoms with Crippen molar-refractivity contribution in [2.45, 2.75) is 13.0 Å². The first-order valence-electron chi connectivity index (χ1n) is 4.45.